The molecule has 1 aliphatic rings. The Morgan fingerprint density at radius 3 is 3.06 bits per heavy atom. The Morgan fingerprint density at radius 2 is 2.38 bits per heavy atom. The smallest absolute Gasteiger partial charge is 0.221 e. The summed E-state index contributed by atoms with van der Waals surface area (Å²) in [7, 11) is 0. The Balaban J connectivity index is 1.99. The van der Waals surface area contributed by atoms with Gasteiger partial charge in [-0.1, -0.05) is 0 Å². The maximum Gasteiger partial charge on any atom is 0.221 e. The Labute approximate surface area is 95.4 Å². The van der Waals surface area contributed by atoms with Crippen LogP contribution in [-0.2, 0) is 4.74 Å². The van der Waals surface area contributed by atoms with Gasteiger partial charge in [-0.25, -0.2) is 4.98 Å². The van der Waals surface area contributed by atoms with Gasteiger partial charge in [0.1, 0.15) is 5.82 Å². The summed E-state index contributed by atoms with van der Waals surface area (Å²) >= 11 is 0. The van der Waals surface area contributed by atoms with E-state index in [1.807, 2.05) is 6.07 Å². The van der Waals surface area contributed by atoms with Gasteiger partial charge in [0.15, 0.2) is 0 Å². The molecule has 1 fully saturated rings. The SMILES string of the molecule is CC1(C)CC(Nc2ccnc(N)n2)CCO1. The average molecular weight is 222 g/mol. The molecule has 1 atom stereocenters. The van der Waals surface area contributed by atoms with Gasteiger partial charge in [-0.15, -0.1) is 0 Å². The second kappa shape index (κ2) is 4.25. The number of nitrogens with zero attached hydrogens (tertiary/aromatic N) is 2. The van der Waals surface area contributed by atoms with Gasteiger partial charge in [-0.2, -0.15) is 4.98 Å². The van der Waals surface area contributed by atoms with Gasteiger partial charge in [0.25, 0.3) is 0 Å². The van der Waals surface area contributed by atoms with Crippen molar-refractivity contribution in [3.8, 4) is 0 Å². The molecule has 0 aromatic carbocycles. The number of ether oxygens (including phenoxy) is 1. The summed E-state index contributed by atoms with van der Waals surface area (Å²) in [5, 5.41) is 3.37. The first-order valence-corrected chi connectivity index (χ1v) is 5.54. The van der Waals surface area contributed by atoms with E-state index in [0.29, 0.717) is 12.0 Å². The molecule has 0 radical (unpaired) electrons. The number of rotatable bonds is 2. The van der Waals surface area contributed by atoms with Crippen LogP contribution in [0.2, 0.25) is 0 Å². The first-order valence-electron chi connectivity index (χ1n) is 5.54. The van der Waals surface area contributed by atoms with E-state index in [2.05, 4.69) is 29.1 Å². The Bertz CT molecular complexity index is 367. The highest BCUT2D eigenvalue weighted by molar-refractivity contribution is 5.38. The molecule has 1 aromatic rings. The maximum absolute atomic E-state index is 5.66. The molecular weight excluding hydrogens is 204 g/mol. The molecule has 0 bridgehead atoms. The topological polar surface area (TPSA) is 73.1 Å². The fourth-order valence-corrected chi connectivity index (χ4v) is 2.02. The minimum atomic E-state index is -0.0610. The molecule has 1 aliphatic heterocycles. The summed E-state index contributed by atoms with van der Waals surface area (Å²) < 4.78 is 5.66. The van der Waals surface area contributed by atoms with Crippen LogP contribution < -0.4 is 11.1 Å². The van der Waals surface area contributed by atoms with Gasteiger partial charge in [0.2, 0.25) is 5.95 Å². The minimum absolute atomic E-state index is 0.0610. The van der Waals surface area contributed by atoms with E-state index in [0.717, 1.165) is 25.3 Å². The van der Waals surface area contributed by atoms with Crippen LogP contribution in [0.15, 0.2) is 12.3 Å². The van der Waals surface area contributed by atoms with E-state index in [-0.39, 0.29) is 5.60 Å². The first-order chi connectivity index (χ1) is 7.55. The summed E-state index contributed by atoms with van der Waals surface area (Å²) in [6.07, 6.45) is 3.62. The van der Waals surface area contributed by atoms with Crippen LogP contribution in [0.25, 0.3) is 0 Å². The van der Waals surface area contributed by atoms with E-state index < -0.39 is 0 Å². The zero-order valence-corrected chi connectivity index (χ0v) is 9.73. The zero-order chi connectivity index (χ0) is 11.6. The third-order valence-corrected chi connectivity index (χ3v) is 2.72. The second-order valence-corrected chi connectivity index (χ2v) is 4.74. The Morgan fingerprint density at radius 1 is 1.56 bits per heavy atom. The third-order valence-electron chi connectivity index (χ3n) is 2.72. The average Bonchev–Trinajstić information content (AvgIpc) is 2.15. The van der Waals surface area contributed by atoms with E-state index in [4.69, 9.17) is 10.5 Å². The molecule has 1 unspecified atom stereocenters. The normalized spacial score (nSPS) is 24.0. The van der Waals surface area contributed by atoms with Crippen molar-refractivity contribution >= 4 is 11.8 Å². The van der Waals surface area contributed by atoms with Crippen molar-refractivity contribution in [3.63, 3.8) is 0 Å². The van der Waals surface area contributed by atoms with Crippen LogP contribution in [0.5, 0.6) is 0 Å². The van der Waals surface area contributed by atoms with E-state index in [1.54, 1.807) is 6.20 Å². The quantitative estimate of drug-likeness (QED) is 0.792. The van der Waals surface area contributed by atoms with Crippen molar-refractivity contribution in [3.05, 3.63) is 12.3 Å². The molecule has 0 spiro atoms. The van der Waals surface area contributed by atoms with Crippen molar-refractivity contribution in [1.82, 2.24) is 9.97 Å². The molecule has 16 heavy (non-hydrogen) atoms. The second-order valence-electron chi connectivity index (χ2n) is 4.74. The summed E-state index contributed by atoms with van der Waals surface area (Å²) in [6, 6.07) is 2.22. The number of anilines is 2. The zero-order valence-electron chi connectivity index (χ0n) is 9.73. The van der Waals surface area contributed by atoms with Crippen LogP contribution in [0, 0.1) is 0 Å². The summed E-state index contributed by atoms with van der Waals surface area (Å²) in [6.45, 7) is 5.00. The summed E-state index contributed by atoms with van der Waals surface area (Å²) in [5.41, 5.74) is 5.47. The fourth-order valence-electron chi connectivity index (χ4n) is 2.02. The first kappa shape index (κ1) is 11.1. The van der Waals surface area contributed by atoms with E-state index in [1.165, 1.54) is 0 Å². The van der Waals surface area contributed by atoms with Gasteiger partial charge in [0, 0.05) is 18.8 Å². The van der Waals surface area contributed by atoms with Crippen molar-refractivity contribution in [2.75, 3.05) is 17.7 Å². The molecule has 1 aromatic heterocycles. The lowest BCUT2D eigenvalue weighted by molar-refractivity contribution is -0.0553. The molecule has 0 aliphatic carbocycles. The summed E-state index contributed by atoms with van der Waals surface area (Å²) in [4.78, 5) is 7.99. The molecule has 0 amide bonds. The highest BCUT2D eigenvalue weighted by Crippen LogP contribution is 2.25. The lowest BCUT2D eigenvalue weighted by Crippen LogP contribution is -2.40. The lowest BCUT2D eigenvalue weighted by Gasteiger charge is -2.36. The Kier molecular flexibility index (Phi) is 2.96. The van der Waals surface area contributed by atoms with Crippen LogP contribution in [0.1, 0.15) is 26.7 Å². The van der Waals surface area contributed by atoms with E-state index >= 15 is 0 Å². The standard InChI is InChI=1S/C11H18N4O/c1-11(2)7-8(4-6-16-11)14-9-3-5-13-10(12)15-9/h3,5,8H,4,6-7H2,1-2H3,(H3,12,13,14,15). The van der Waals surface area contributed by atoms with Crippen LogP contribution in [0.4, 0.5) is 11.8 Å². The molecule has 2 rings (SSSR count). The predicted molar refractivity (Wildman–Crippen MR) is 63.1 cm³/mol. The van der Waals surface area contributed by atoms with Crippen molar-refractivity contribution < 1.29 is 4.74 Å². The molecule has 3 N–H and O–H groups in total. The number of nitrogen functional groups attached to an aromatic ring is 1. The van der Waals surface area contributed by atoms with Crippen LogP contribution in [0.3, 0.4) is 0 Å². The number of hydrogen-bond donors (Lipinski definition) is 2. The number of aromatic nitrogens is 2. The van der Waals surface area contributed by atoms with Crippen molar-refractivity contribution in [1.29, 1.82) is 0 Å². The highest BCUT2D eigenvalue weighted by Gasteiger charge is 2.28. The van der Waals surface area contributed by atoms with Gasteiger partial charge >= 0.3 is 0 Å². The lowest BCUT2D eigenvalue weighted by atomic mass is 9.94. The van der Waals surface area contributed by atoms with E-state index in [9.17, 15) is 0 Å². The van der Waals surface area contributed by atoms with Gasteiger partial charge in [0.05, 0.1) is 5.60 Å². The minimum Gasteiger partial charge on any atom is -0.375 e. The molecule has 5 heteroatoms. The van der Waals surface area contributed by atoms with Gasteiger partial charge < -0.3 is 15.8 Å². The van der Waals surface area contributed by atoms with Crippen molar-refractivity contribution in [2.45, 2.75) is 38.3 Å². The van der Waals surface area contributed by atoms with Crippen LogP contribution in [-0.4, -0.2) is 28.2 Å². The third kappa shape index (κ3) is 2.82. The molecule has 5 nitrogen and oxygen atoms in total. The number of nitrogens with two attached hydrogens (primary N) is 1. The van der Waals surface area contributed by atoms with Crippen LogP contribution >= 0.6 is 0 Å². The monoisotopic (exact) mass is 222 g/mol. The predicted octanol–water partition coefficient (Wildman–Crippen LogP) is 1.43. The summed E-state index contributed by atoms with van der Waals surface area (Å²) in [5.74, 6) is 1.09. The number of hydrogen-bond acceptors (Lipinski definition) is 5. The highest BCUT2D eigenvalue weighted by atomic mass is 16.5. The maximum atomic E-state index is 5.66. The van der Waals surface area contributed by atoms with Crippen molar-refractivity contribution in [2.24, 2.45) is 0 Å². The molecule has 1 saturated heterocycles. The van der Waals surface area contributed by atoms with Gasteiger partial charge in [-0.3, -0.25) is 0 Å². The number of nitrogens with one attached hydrogen (secondary N) is 1. The molecular formula is C11H18N4O. The fraction of sp³-hybridized carbons (Fsp3) is 0.636. The molecule has 2 heterocycles. The molecule has 0 saturated carbocycles. The largest absolute Gasteiger partial charge is 0.375 e. The Hall–Kier alpha value is -1.36. The molecule has 88 valence electrons. The van der Waals surface area contributed by atoms with Gasteiger partial charge in [-0.05, 0) is 32.8 Å².